The molecule has 0 amide bonds. The Labute approximate surface area is 234 Å². The second-order valence-corrected chi connectivity index (χ2v) is 13.4. The number of hydrogen-bond donors (Lipinski definition) is 1. The smallest absolute Gasteiger partial charge is 0.405 e. The Kier molecular flexibility index (Phi) is 9.44. The topological polar surface area (TPSA) is 124 Å². The van der Waals surface area contributed by atoms with Crippen molar-refractivity contribution >= 4 is 46.2 Å². The Morgan fingerprint density at radius 3 is 2.51 bits per heavy atom. The van der Waals surface area contributed by atoms with Crippen molar-refractivity contribution < 1.29 is 23.1 Å². The fraction of sp³-hybridized carbons (Fsp3) is 0.346. The lowest BCUT2D eigenvalue weighted by Gasteiger charge is -2.33. The number of anilines is 1. The molecule has 5 rings (SSSR count). The van der Waals surface area contributed by atoms with Crippen LogP contribution < -0.4 is 10.3 Å². The van der Waals surface area contributed by atoms with Crippen LogP contribution in [0.3, 0.4) is 0 Å². The van der Waals surface area contributed by atoms with E-state index in [0.29, 0.717) is 47.4 Å². The minimum Gasteiger partial charge on any atom is -0.423 e. The summed E-state index contributed by atoms with van der Waals surface area (Å²) in [7, 11) is -0.355. The van der Waals surface area contributed by atoms with Crippen molar-refractivity contribution in [3.8, 4) is 5.75 Å². The first-order valence-corrected chi connectivity index (χ1v) is 16.7. The number of para-hydroxylation sites is 1. The van der Waals surface area contributed by atoms with E-state index in [-0.39, 0.29) is 18.6 Å². The van der Waals surface area contributed by atoms with Crippen molar-refractivity contribution in [2.45, 2.75) is 38.4 Å². The molecule has 1 aliphatic rings. The largest absolute Gasteiger partial charge is 0.423 e. The lowest BCUT2D eigenvalue weighted by Crippen LogP contribution is -2.38. The molecule has 2 aromatic carbocycles. The van der Waals surface area contributed by atoms with E-state index in [2.05, 4.69) is 15.0 Å². The van der Waals surface area contributed by atoms with Crippen molar-refractivity contribution in [2.75, 3.05) is 23.6 Å². The lowest BCUT2D eigenvalue weighted by atomic mass is 10.2. The summed E-state index contributed by atoms with van der Waals surface area (Å²) in [5.74, 6) is 2.09. The second kappa shape index (κ2) is 13.2. The van der Waals surface area contributed by atoms with Gasteiger partial charge in [0, 0.05) is 11.5 Å². The van der Waals surface area contributed by atoms with Crippen LogP contribution in [0.5, 0.6) is 5.75 Å². The summed E-state index contributed by atoms with van der Waals surface area (Å²) in [5.41, 5.74) is 8.10. The van der Waals surface area contributed by atoms with E-state index in [1.807, 2.05) is 60.0 Å². The third kappa shape index (κ3) is 7.53. The summed E-state index contributed by atoms with van der Waals surface area (Å²) < 4.78 is 40.4. The maximum absolute atomic E-state index is 14.1. The number of hydrogen-bond acceptors (Lipinski definition) is 11. The van der Waals surface area contributed by atoms with Gasteiger partial charge in [-0.2, -0.15) is 0 Å². The summed E-state index contributed by atoms with van der Waals surface area (Å²) in [6.45, 7) is 2.74. The maximum atomic E-state index is 14.1. The number of nitrogen functional groups attached to an aromatic ring is 1. The molecule has 13 heteroatoms. The van der Waals surface area contributed by atoms with Gasteiger partial charge >= 0.3 is 7.60 Å². The number of ether oxygens (including phenoxy) is 2. The fourth-order valence-corrected chi connectivity index (χ4v) is 8.18. The van der Waals surface area contributed by atoms with Gasteiger partial charge in [-0.25, -0.2) is 19.5 Å². The first-order valence-electron chi connectivity index (χ1n) is 12.4. The van der Waals surface area contributed by atoms with E-state index in [1.165, 1.54) is 6.33 Å². The van der Waals surface area contributed by atoms with E-state index in [4.69, 9.17) is 24.3 Å². The van der Waals surface area contributed by atoms with Crippen molar-refractivity contribution in [1.82, 2.24) is 19.5 Å². The SMILES string of the molecule is C[C@H](Cn1cnc2c(N)ncnc21)OCP(=O)(Oc1ccccc1)O[C@H]1CSSC[C@@H]1OCc1ccccc1. The van der Waals surface area contributed by atoms with Crippen LogP contribution in [0.4, 0.5) is 5.82 Å². The average molecular weight is 588 g/mol. The molecular formula is C26H30N5O5PS2. The highest BCUT2D eigenvalue weighted by Gasteiger charge is 2.38. The molecule has 1 unspecified atom stereocenters. The van der Waals surface area contributed by atoms with Gasteiger partial charge < -0.3 is 24.3 Å². The van der Waals surface area contributed by atoms with Gasteiger partial charge in [0.15, 0.2) is 17.8 Å². The zero-order valence-electron chi connectivity index (χ0n) is 21.4. The molecule has 0 spiro atoms. The molecule has 4 atom stereocenters. The van der Waals surface area contributed by atoms with Crippen molar-refractivity contribution in [3.63, 3.8) is 0 Å². The predicted octanol–water partition coefficient (Wildman–Crippen LogP) is 5.41. The lowest BCUT2D eigenvalue weighted by molar-refractivity contribution is -0.0192. The molecule has 1 aliphatic heterocycles. The van der Waals surface area contributed by atoms with Gasteiger partial charge in [-0.1, -0.05) is 70.1 Å². The van der Waals surface area contributed by atoms with Gasteiger partial charge in [0.2, 0.25) is 0 Å². The highest BCUT2D eigenvalue weighted by atomic mass is 33.1. The highest BCUT2D eigenvalue weighted by Crippen LogP contribution is 2.52. The summed E-state index contributed by atoms with van der Waals surface area (Å²) in [4.78, 5) is 12.5. The molecule has 0 aliphatic carbocycles. The molecule has 39 heavy (non-hydrogen) atoms. The normalized spacial score (nSPS) is 19.9. The molecule has 10 nitrogen and oxygen atoms in total. The van der Waals surface area contributed by atoms with Crippen molar-refractivity contribution in [2.24, 2.45) is 0 Å². The molecule has 4 aromatic rings. The Morgan fingerprint density at radius 1 is 1.03 bits per heavy atom. The van der Waals surface area contributed by atoms with Crippen LogP contribution in [0.1, 0.15) is 12.5 Å². The van der Waals surface area contributed by atoms with Crippen molar-refractivity contribution in [3.05, 3.63) is 78.9 Å². The third-order valence-corrected chi connectivity index (χ3v) is 9.91. The van der Waals surface area contributed by atoms with E-state index < -0.39 is 13.7 Å². The van der Waals surface area contributed by atoms with Crippen molar-refractivity contribution in [1.29, 1.82) is 0 Å². The van der Waals surface area contributed by atoms with Gasteiger partial charge in [0.05, 0.1) is 31.7 Å². The number of fused-ring (bicyclic) bond motifs is 1. The van der Waals surface area contributed by atoms with Crippen LogP contribution >= 0.6 is 29.2 Å². The number of nitrogens with two attached hydrogens (primary N) is 1. The Morgan fingerprint density at radius 2 is 1.74 bits per heavy atom. The average Bonchev–Trinajstić information content (AvgIpc) is 3.36. The molecule has 1 fully saturated rings. The quantitative estimate of drug-likeness (QED) is 0.169. The molecule has 0 bridgehead atoms. The first kappa shape index (κ1) is 27.9. The van der Waals surface area contributed by atoms with E-state index in [0.717, 1.165) is 5.56 Å². The van der Waals surface area contributed by atoms with Crippen LogP contribution in [0.15, 0.2) is 73.3 Å². The number of benzene rings is 2. The first-order chi connectivity index (χ1) is 19.0. The number of nitrogens with zero attached hydrogens (tertiary/aromatic N) is 4. The van der Waals surface area contributed by atoms with Crippen LogP contribution in [0.25, 0.3) is 11.2 Å². The Hall–Kier alpha value is -2.60. The molecule has 1 saturated heterocycles. The number of imidazole rings is 1. The van der Waals surface area contributed by atoms with Gasteiger partial charge in [-0.15, -0.1) is 0 Å². The maximum Gasteiger partial charge on any atom is 0.405 e. The van der Waals surface area contributed by atoms with E-state index >= 15 is 0 Å². The van der Waals surface area contributed by atoms with E-state index in [9.17, 15) is 4.57 Å². The molecular weight excluding hydrogens is 557 g/mol. The molecule has 206 valence electrons. The Bertz CT molecular complexity index is 1400. The summed E-state index contributed by atoms with van der Waals surface area (Å²) in [5, 5.41) is 0. The molecule has 2 aromatic heterocycles. The Balaban J connectivity index is 1.27. The third-order valence-electron chi connectivity index (χ3n) is 5.95. The van der Waals surface area contributed by atoms with Crippen LogP contribution in [-0.2, 0) is 31.7 Å². The van der Waals surface area contributed by atoms with Gasteiger partial charge in [0.1, 0.15) is 23.7 Å². The molecule has 2 N–H and O–H groups in total. The number of rotatable bonds is 12. The van der Waals surface area contributed by atoms with Gasteiger partial charge in [0.25, 0.3) is 0 Å². The monoisotopic (exact) mass is 587 g/mol. The van der Waals surface area contributed by atoms with E-state index in [1.54, 1.807) is 40.0 Å². The zero-order valence-corrected chi connectivity index (χ0v) is 23.9. The number of aromatic nitrogens is 4. The summed E-state index contributed by atoms with van der Waals surface area (Å²) in [6, 6.07) is 19.0. The van der Waals surface area contributed by atoms with Gasteiger partial charge in [-0.3, -0.25) is 4.52 Å². The van der Waals surface area contributed by atoms with Crippen LogP contribution in [0, 0.1) is 0 Å². The highest BCUT2D eigenvalue weighted by molar-refractivity contribution is 8.76. The molecule has 3 heterocycles. The van der Waals surface area contributed by atoms with Crippen LogP contribution in [-0.4, -0.2) is 55.7 Å². The predicted molar refractivity (Wildman–Crippen MR) is 155 cm³/mol. The summed E-state index contributed by atoms with van der Waals surface area (Å²) >= 11 is 0. The minimum absolute atomic E-state index is 0.230. The standard InChI is InChI=1S/C26H30N5O5PS2/c1-19(12-31-17-30-24-25(27)28-16-29-26(24)31)34-18-37(32,35-21-10-6-3-7-11-21)36-23-15-39-38-14-22(23)33-13-20-8-4-2-5-9-20/h2-11,16-17,19,22-23H,12-15,18H2,1H3,(H2,27,28,29)/t19-,22+,23+,37?/m1/s1. The minimum atomic E-state index is -3.74. The zero-order chi connectivity index (χ0) is 27.1. The molecule has 0 radical (unpaired) electrons. The summed E-state index contributed by atoms with van der Waals surface area (Å²) in [6.07, 6.45) is 1.78. The van der Waals surface area contributed by atoms with Crippen LogP contribution in [0.2, 0.25) is 0 Å². The van der Waals surface area contributed by atoms with Gasteiger partial charge in [-0.05, 0) is 24.6 Å². The fourth-order valence-electron chi connectivity index (χ4n) is 3.98. The second-order valence-electron chi connectivity index (χ2n) is 9.00. The molecule has 0 saturated carbocycles.